The third-order valence-electron chi connectivity index (χ3n) is 1.10. The zero-order valence-electron chi connectivity index (χ0n) is 6.29. The second-order valence-corrected chi connectivity index (χ2v) is 2.17. The lowest BCUT2D eigenvalue weighted by Crippen LogP contribution is -2.16. The molecule has 0 aliphatic carbocycles. The van der Waals surface area contributed by atoms with Crippen molar-refractivity contribution in [3.63, 3.8) is 0 Å². The quantitative estimate of drug-likeness (QED) is 0.464. The molecule has 0 unspecified atom stereocenters. The van der Waals surface area contributed by atoms with Crippen molar-refractivity contribution in [1.82, 2.24) is 0 Å². The van der Waals surface area contributed by atoms with Gasteiger partial charge in [-0.1, -0.05) is 6.92 Å². The molecule has 0 aromatic carbocycles. The molecular weight excluding hydrogens is 148 g/mol. The summed E-state index contributed by atoms with van der Waals surface area (Å²) in [5.41, 5.74) is 0. The maximum Gasteiger partial charge on any atom is 0.311 e. The van der Waals surface area contributed by atoms with Crippen LogP contribution in [0.2, 0.25) is 0 Å². The second-order valence-electron chi connectivity index (χ2n) is 2.17. The topological polar surface area (TPSA) is 71.4 Å². The van der Waals surface area contributed by atoms with Gasteiger partial charge in [0, 0.05) is 6.42 Å². The Morgan fingerprint density at radius 2 is 1.73 bits per heavy atom. The molecule has 0 amide bonds. The standard InChI is InChI=1S/C7H10O4/c1-2-3-5(8)6(9)4-7(10)11/h2-4H2,1H3,(H,10,11). The summed E-state index contributed by atoms with van der Waals surface area (Å²) < 4.78 is 0. The van der Waals surface area contributed by atoms with Gasteiger partial charge in [0.25, 0.3) is 0 Å². The molecule has 0 aliphatic rings. The van der Waals surface area contributed by atoms with Gasteiger partial charge < -0.3 is 5.11 Å². The monoisotopic (exact) mass is 158 g/mol. The predicted octanol–water partition coefficient (Wildman–Crippen LogP) is 0.399. The van der Waals surface area contributed by atoms with E-state index in [4.69, 9.17) is 5.11 Å². The van der Waals surface area contributed by atoms with Crippen molar-refractivity contribution in [1.29, 1.82) is 0 Å². The Kier molecular flexibility index (Phi) is 4.10. The third-order valence-corrected chi connectivity index (χ3v) is 1.10. The lowest BCUT2D eigenvalue weighted by atomic mass is 10.1. The van der Waals surface area contributed by atoms with Gasteiger partial charge in [-0.05, 0) is 6.42 Å². The number of carboxylic acid groups (broad SMARTS) is 1. The van der Waals surface area contributed by atoms with Crippen LogP contribution in [0.4, 0.5) is 0 Å². The molecule has 4 nitrogen and oxygen atoms in total. The maximum atomic E-state index is 10.7. The minimum Gasteiger partial charge on any atom is -0.481 e. The van der Waals surface area contributed by atoms with Gasteiger partial charge in [-0.15, -0.1) is 0 Å². The highest BCUT2D eigenvalue weighted by atomic mass is 16.4. The normalized spacial score (nSPS) is 9.18. The van der Waals surface area contributed by atoms with Gasteiger partial charge in [-0.2, -0.15) is 0 Å². The zero-order valence-corrected chi connectivity index (χ0v) is 6.29. The number of Topliss-reactive ketones (excluding diaryl/α,β-unsaturated/α-hetero) is 2. The van der Waals surface area contributed by atoms with Crippen LogP contribution in [-0.2, 0) is 14.4 Å². The van der Waals surface area contributed by atoms with Crippen molar-refractivity contribution in [3.05, 3.63) is 0 Å². The minimum atomic E-state index is -1.25. The number of ketones is 2. The number of hydrogen-bond acceptors (Lipinski definition) is 3. The highest BCUT2D eigenvalue weighted by Gasteiger charge is 2.15. The Balaban J connectivity index is 3.83. The molecule has 0 spiro atoms. The van der Waals surface area contributed by atoms with E-state index in [9.17, 15) is 14.4 Å². The first-order valence-corrected chi connectivity index (χ1v) is 3.35. The van der Waals surface area contributed by atoms with E-state index in [1.807, 2.05) is 0 Å². The van der Waals surface area contributed by atoms with E-state index < -0.39 is 24.0 Å². The van der Waals surface area contributed by atoms with Crippen molar-refractivity contribution in [2.24, 2.45) is 0 Å². The van der Waals surface area contributed by atoms with Gasteiger partial charge in [0.05, 0.1) is 0 Å². The van der Waals surface area contributed by atoms with Crippen molar-refractivity contribution >= 4 is 17.5 Å². The summed E-state index contributed by atoms with van der Waals surface area (Å²) in [6.07, 6.45) is 0.0368. The van der Waals surface area contributed by atoms with Crippen LogP contribution in [0, 0.1) is 0 Å². The zero-order chi connectivity index (χ0) is 8.85. The number of carbonyl (C=O) groups is 3. The minimum absolute atomic E-state index is 0.145. The average Bonchev–Trinajstić information content (AvgIpc) is 1.86. The number of aliphatic carboxylic acids is 1. The van der Waals surface area contributed by atoms with Crippen molar-refractivity contribution in [3.8, 4) is 0 Å². The summed E-state index contributed by atoms with van der Waals surface area (Å²) in [5, 5.41) is 8.13. The lowest BCUT2D eigenvalue weighted by Gasteiger charge is -1.92. The SMILES string of the molecule is CCCC(=O)C(=O)CC(=O)O. The largest absolute Gasteiger partial charge is 0.481 e. The molecule has 0 aromatic heterocycles. The molecular formula is C7H10O4. The van der Waals surface area contributed by atoms with E-state index in [-0.39, 0.29) is 6.42 Å². The first-order valence-electron chi connectivity index (χ1n) is 3.35. The molecule has 0 rings (SSSR count). The molecule has 1 N–H and O–H groups in total. The Morgan fingerprint density at radius 1 is 1.18 bits per heavy atom. The van der Waals surface area contributed by atoms with Crippen LogP contribution >= 0.6 is 0 Å². The van der Waals surface area contributed by atoms with Crippen molar-refractivity contribution in [2.45, 2.75) is 26.2 Å². The summed E-state index contributed by atoms with van der Waals surface area (Å²) in [5.74, 6) is -2.64. The summed E-state index contributed by atoms with van der Waals surface area (Å²) in [6, 6.07) is 0. The molecule has 0 saturated heterocycles. The molecule has 0 aromatic rings. The number of hydrogen-bond donors (Lipinski definition) is 1. The van der Waals surface area contributed by atoms with E-state index in [0.29, 0.717) is 6.42 Å². The van der Waals surface area contributed by atoms with E-state index in [1.54, 1.807) is 6.92 Å². The van der Waals surface area contributed by atoms with Gasteiger partial charge in [0.2, 0.25) is 5.78 Å². The molecule has 0 saturated carbocycles. The fourth-order valence-corrected chi connectivity index (χ4v) is 0.602. The van der Waals surface area contributed by atoms with E-state index in [0.717, 1.165) is 0 Å². The van der Waals surface area contributed by atoms with Crippen molar-refractivity contribution < 1.29 is 19.5 Å². The van der Waals surface area contributed by atoms with E-state index in [2.05, 4.69) is 0 Å². The molecule has 0 atom stereocenters. The van der Waals surface area contributed by atoms with Crippen LogP contribution in [0.3, 0.4) is 0 Å². The van der Waals surface area contributed by atoms with E-state index >= 15 is 0 Å². The Hall–Kier alpha value is -1.19. The fourth-order valence-electron chi connectivity index (χ4n) is 0.602. The Morgan fingerprint density at radius 3 is 2.09 bits per heavy atom. The highest BCUT2D eigenvalue weighted by molar-refractivity contribution is 6.39. The molecule has 0 fully saturated rings. The Bertz CT molecular complexity index is 183. The Labute approximate surface area is 64.2 Å². The van der Waals surface area contributed by atoms with Gasteiger partial charge in [-0.3, -0.25) is 14.4 Å². The molecule has 0 bridgehead atoms. The third kappa shape index (κ3) is 4.25. The average molecular weight is 158 g/mol. The van der Waals surface area contributed by atoms with Gasteiger partial charge in [0.1, 0.15) is 6.42 Å². The highest BCUT2D eigenvalue weighted by Crippen LogP contribution is 1.93. The predicted molar refractivity (Wildman–Crippen MR) is 37.2 cm³/mol. The first-order chi connectivity index (χ1) is 5.07. The molecule has 0 aliphatic heterocycles. The smallest absolute Gasteiger partial charge is 0.311 e. The molecule has 0 radical (unpaired) electrons. The summed E-state index contributed by atoms with van der Waals surface area (Å²) in [6.45, 7) is 1.76. The van der Waals surface area contributed by atoms with E-state index in [1.165, 1.54) is 0 Å². The number of carbonyl (C=O) groups excluding carboxylic acids is 2. The van der Waals surface area contributed by atoms with Crippen LogP contribution in [0.1, 0.15) is 26.2 Å². The van der Waals surface area contributed by atoms with Crippen LogP contribution < -0.4 is 0 Å². The van der Waals surface area contributed by atoms with Gasteiger partial charge >= 0.3 is 5.97 Å². The summed E-state index contributed by atoms with van der Waals surface area (Å²) >= 11 is 0. The van der Waals surface area contributed by atoms with Crippen molar-refractivity contribution in [2.75, 3.05) is 0 Å². The van der Waals surface area contributed by atoms with Crippen LogP contribution in [-0.4, -0.2) is 22.6 Å². The number of carboxylic acids is 1. The summed E-state index contributed by atoms with van der Waals surface area (Å²) in [7, 11) is 0. The van der Waals surface area contributed by atoms with Crippen LogP contribution in [0.25, 0.3) is 0 Å². The van der Waals surface area contributed by atoms with Gasteiger partial charge in [-0.25, -0.2) is 0 Å². The molecule has 0 heterocycles. The fraction of sp³-hybridized carbons (Fsp3) is 0.571. The number of rotatable bonds is 5. The molecule has 11 heavy (non-hydrogen) atoms. The maximum absolute atomic E-state index is 10.7. The summed E-state index contributed by atoms with van der Waals surface area (Å²) in [4.78, 5) is 31.2. The van der Waals surface area contributed by atoms with Crippen LogP contribution in [0.5, 0.6) is 0 Å². The van der Waals surface area contributed by atoms with Crippen LogP contribution in [0.15, 0.2) is 0 Å². The molecule has 62 valence electrons. The second kappa shape index (κ2) is 4.60. The first kappa shape index (κ1) is 9.81. The lowest BCUT2D eigenvalue weighted by molar-refractivity contribution is -0.144. The molecule has 4 heteroatoms. The van der Waals surface area contributed by atoms with Gasteiger partial charge in [0.15, 0.2) is 5.78 Å².